The van der Waals surface area contributed by atoms with Gasteiger partial charge in [0.05, 0.1) is 0 Å². The molecule has 2 aromatic rings. The summed E-state index contributed by atoms with van der Waals surface area (Å²) in [5.74, 6) is 1.85. The lowest BCUT2D eigenvalue weighted by Gasteiger charge is -2.07. The molecular weight excluding hydrogens is 234 g/mol. The molecule has 0 aliphatic rings. The van der Waals surface area contributed by atoms with E-state index in [1.54, 1.807) is 6.20 Å². The number of ether oxygens (including phenoxy) is 1. The van der Waals surface area contributed by atoms with Gasteiger partial charge in [0, 0.05) is 18.1 Å². The molecular formula is C14H14ClNO. The fourth-order valence-corrected chi connectivity index (χ4v) is 1.87. The molecule has 2 nitrogen and oxygen atoms in total. The molecule has 0 aliphatic carbocycles. The summed E-state index contributed by atoms with van der Waals surface area (Å²) in [4.78, 5) is 4.16. The number of benzene rings is 1. The molecule has 0 fully saturated rings. The first kappa shape index (κ1) is 11.9. The molecule has 1 aromatic carbocycles. The van der Waals surface area contributed by atoms with Crippen molar-refractivity contribution in [3.8, 4) is 11.6 Å². The highest BCUT2D eigenvalue weighted by Crippen LogP contribution is 2.23. The predicted octanol–water partition coefficient (Wildman–Crippen LogP) is 4.23. The van der Waals surface area contributed by atoms with E-state index in [1.165, 1.54) is 11.1 Å². The molecule has 2 rings (SSSR count). The molecule has 88 valence electrons. The molecule has 0 bridgehead atoms. The first-order valence-electron chi connectivity index (χ1n) is 5.44. The van der Waals surface area contributed by atoms with Crippen LogP contribution in [0.3, 0.4) is 0 Å². The van der Waals surface area contributed by atoms with Gasteiger partial charge in [-0.25, -0.2) is 4.98 Å². The zero-order valence-corrected chi connectivity index (χ0v) is 10.7. The Morgan fingerprint density at radius 2 is 1.82 bits per heavy atom. The Balaban J connectivity index is 2.24. The average molecular weight is 248 g/mol. The summed E-state index contributed by atoms with van der Waals surface area (Å²) in [6.07, 6.45) is 1.70. The van der Waals surface area contributed by atoms with Crippen LogP contribution < -0.4 is 4.74 Å². The van der Waals surface area contributed by atoms with Crippen molar-refractivity contribution < 1.29 is 4.74 Å². The van der Waals surface area contributed by atoms with E-state index in [0.717, 1.165) is 11.3 Å². The van der Waals surface area contributed by atoms with E-state index in [-0.39, 0.29) is 0 Å². The highest BCUT2D eigenvalue weighted by atomic mass is 35.5. The van der Waals surface area contributed by atoms with Gasteiger partial charge in [0.2, 0.25) is 5.88 Å². The second-order valence-electron chi connectivity index (χ2n) is 4.06. The summed E-state index contributed by atoms with van der Waals surface area (Å²) < 4.78 is 5.71. The Morgan fingerprint density at radius 3 is 2.47 bits per heavy atom. The standard InChI is InChI=1S/C14H14ClNO/c1-10-5-11(2)7-13(6-10)17-14-8-12(9-15)3-4-16-14/h3-8H,9H2,1-2H3. The second kappa shape index (κ2) is 5.19. The predicted molar refractivity (Wildman–Crippen MR) is 69.8 cm³/mol. The van der Waals surface area contributed by atoms with Crippen LogP contribution in [0.2, 0.25) is 0 Å². The van der Waals surface area contributed by atoms with Gasteiger partial charge >= 0.3 is 0 Å². The number of pyridine rings is 1. The molecule has 1 heterocycles. The Bertz CT molecular complexity index is 505. The van der Waals surface area contributed by atoms with Crippen molar-refractivity contribution in [3.63, 3.8) is 0 Å². The minimum Gasteiger partial charge on any atom is -0.439 e. The van der Waals surface area contributed by atoms with E-state index in [2.05, 4.69) is 11.1 Å². The number of aromatic nitrogens is 1. The number of hydrogen-bond donors (Lipinski definition) is 0. The molecule has 0 N–H and O–H groups in total. The van der Waals surface area contributed by atoms with Crippen molar-refractivity contribution >= 4 is 11.6 Å². The first-order chi connectivity index (χ1) is 8.17. The van der Waals surface area contributed by atoms with E-state index < -0.39 is 0 Å². The molecule has 0 aliphatic heterocycles. The van der Waals surface area contributed by atoms with Crippen molar-refractivity contribution in [2.45, 2.75) is 19.7 Å². The van der Waals surface area contributed by atoms with Crippen LogP contribution in [0.1, 0.15) is 16.7 Å². The van der Waals surface area contributed by atoms with Gasteiger partial charge in [-0.15, -0.1) is 11.6 Å². The van der Waals surface area contributed by atoms with E-state index in [1.807, 2.05) is 38.1 Å². The summed E-state index contributed by atoms with van der Waals surface area (Å²) in [5.41, 5.74) is 3.35. The first-order valence-corrected chi connectivity index (χ1v) is 5.98. The Hall–Kier alpha value is -1.54. The van der Waals surface area contributed by atoms with Crippen molar-refractivity contribution in [2.75, 3.05) is 0 Å². The zero-order chi connectivity index (χ0) is 12.3. The number of hydrogen-bond acceptors (Lipinski definition) is 2. The molecule has 0 amide bonds. The second-order valence-corrected chi connectivity index (χ2v) is 4.33. The molecule has 1 aromatic heterocycles. The topological polar surface area (TPSA) is 22.1 Å². The van der Waals surface area contributed by atoms with Crippen LogP contribution in [0.5, 0.6) is 11.6 Å². The van der Waals surface area contributed by atoms with Crippen molar-refractivity contribution in [1.29, 1.82) is 0 Å². The van der Waals surface area contributed by atoms with Gasteiger partial charge in [-0.1, -0.05) is 6.07 Å². The third kappa shape index (κ3) is 3.21. The van der Waals surface area contributed by atoms with Gasteiger partial charge < -0.3 is 4.74 Å². The Morgan fingerprint density at radius 1 is 1.12 bits per heavy atom. The quantitative estimate of drug-likeness (QED) is 0.758. The van der Waals surface area contributed by atoms with E-state index in [4.69, 9.17) is 16.3 Å². The smallest absolute Gasteiger partial charge is 0.219 e. The van der Waals surface area contributed by atoms with Crippen molar-refractivity contribution in [3.05, 3.63) is 53.2 Å². The van der Waals surface area contributed by atoms with Crippen LogP contribution >= 0.6 is 11.6 Å². The van der Waals surface area contributed by atoms with E-state index in [0.29, 0.717) is 11.8 Å². The van der Waals surface area contributed by atoms with Crippen LogP contribution in [-0.2, 0) is 5.88 Å². The monoisotopic (exact) mass is 247 g/mol. The summed E-state index contributed by atoms with van der Waals surface area (Å²) in [5, 5.41) is 0. The highest BCUT2D eigenvalue weighted by Gasteiger charge is 2.01. The largest absolute Gasteiger partial charge is 0.439 e. The average Bonchev–Trinajstić information content (AvgIpc) is 2.28. The number of aryl methyl sites for hydroxylation is 2. The fraction of sp³-hybridized carbons (Fsp3) is 0.214. The van der Waals surface area contributed by atoms with Gasteiger partial charge in [-0.2, -0.15) is 0 Å². The van der Waals surface area contributed by atoms with Gasteiger partial charge in [0.25, 0.3) is 0 Å². The molecule has 0 atom stereocenters. The normalized spacial score (nSPS) is 10.3. The number of halogens is 1. The molecule has 0 saturated heterocycles. The van der Waals surface area contributed by atoms with E-state index in [9.17, 15) is 0 Å². The molecule has 0 unspecified atom stereocenters. The van der Waals surface area contributed by atoms with Gasteiger partial charge in [-0.05, 0) is 48.7 Å². The molecule has 3 heteroatoms. The number of alkyl halides is 1. The zero-order valence-electron chi connectivity index (χ0n) is 9.90. The molecule has 0 spiro atoms. The lowest BCUT2D eigenvalue weighted by molar-refractivity contribution is 0.461. The van der Waals surface area contributed by atoms with E-state index >= 15 is 0 Å². The maximum Gasteiger partial charge on any atom is 0.219 e. The lowest BCUT2D eigenvalue weighted by atomic mass is 10.1. The fourth-order valence-electron chi connectivity index (χ4n) is 1.70. The summed E-state index contributed by atoms with van der Waals surface area (Å²) >= 11 is 5.77. The van der Waals surface area contributed by atoms with Crippen LogP contribution in [0.25, 0.3) is 0 Å². The summed E-state index contributed by atoms with van der Waals surface area (Å²) in [6.45, 7) is 4.09. The molecule has 0 radical (unpaired) electrons. The van der Waals surface area contributed by atoms with Crippen LogP contribution in [-0.4, -0.2) is 4.98 Å². The third-order valence-electron chi connectivity index (χ3n) is 2.37. The SMILES string of the molecule is Cc1cc(C)cc(Oc2cc(CCl)ccn2)c1. The Kier molecular flexibility index (Phi) is 3.64. The van der Waals surface area contributed by atoms with Gasteiger partial charge in [-0.3, -0.25) is 0 Å². The third-order valence-corrected chi connectivity index (χ3v) is 2.68. The maximum absolute atomic E-state index is 5.77. The van der Waals surface area contributed by atoms with Crippen LogP contribution in [0.4, 0.5) is 0 Å². The maximum atomic E-state index is 5.77. The lowest BCUT2D eigenvalue weighted by Crippen LogP contribution is -1.90. The molecule has 17 heavy (non-hydrogen) atoms. The minimum absolute atomic E-state index is 0.464. The number of nitrogens with zero attached hydrogens (tertiary/aromatic N) is 1. The highest BCUT2D eigenvalue weighted by molar-refractivity contribution is 6.17. The van der Waals surface area contributed by atoms with Crippen molar-refractivity contribution in [1.82, 2.24) is 4.98 Å². The van der Waals surface area contributed by atoms with Gasteiger partial charge in [0.1, 0.15) is 5.75 Å². The molecule has 0 saturated carbocycles. The van der Waals surface area contributed by atoms with Crippen molar-refractivity contribution in [2.24, 2.45) is 0 Å². The van der Waals surface area contributed by atoms with Crippen LogP contribution in [0.15, 0.2) is 36.5 Å². The Labute approximate surface area is 106 Å². The minimum atomic E-state index is 0.464. The van der Waals surface area contributed by atoms with Gasteiger partial charge in [0.15, 0.2) is 0 Å². The number of rotatable bonds is 3. The summed E-state index contributed by atoms with van der Waals surface area (Å²) in [7, 11) is 0. The van der Waals surface area contributed by atoms with Crippen LogP contribution in [0, 0.1) is 13.8 Å². The summed E-state index contributed by atoms with van der Waals surface area (Å²) in [6, 6.07) is 9.81.